The number of piperidine rings is 1. The van der Waals surface area contributed by atoms with E-state index in [-0.39, 0.29) is 17.9 Å². The van der Waals surface area contributed by atoms with Crippen LogP contribution in [0.15, 0.2) is 59.5 Å². The van der Waals surface area contributed by atoms with Crippen molar-refractivity contribution in [3.63, 3.8) is 0 Å². The molecular weight excluding hydrogens is 384 g/mol. The number of rotatable bonds is 6. The summed E-state index contributed by atoms with van der Waals surface area (Å²) < 4.78 is 27.4. The molecule has 6 heteroatoms. The maximum Gasteiger partial charge on any atom is 0.243 e. The van der Waals surface area contributed by atoms with Crippen LogP contribution in [0.2, 0.25) is 0 Å². The van der Waals surface area contributed by atoms with Gasteiger partial charge >= 0.3 is 0 Å². The van der Waals surface area contributed by atoms with E-state index in [1.54, 1.807) is 12.1 Å². The van der Waals surface area contributed by atoms with E-state index in [0.29, 0.717) is 36.7 Å². The van der Waals surface area contributed by atoms with Crippen LogP contribution in [-0.2, 0) is 14.8 Å². The number of carbonyl (C=O) groups excluding carboxylic acids is 1. The molecule has 1 unspecified atom stereocenters. The summed E-state index contributed by atoms with van der Waals surface area (Å²) in [5, 5.41) is 3.06. The Kier molecular flexibility index (Phi) is 6.75. The summed E-state index contributed by atoms with van der Waals surface area (Å²) in [7, 11) is -3.52. The van der Waals surface area contributed by atoms with Gasteiger partial charge in [0, 0.05) is 19.0 Å². The molecule has 0 aliphatic carbocycles. The fourth-order valence-electron chi connectivity index (χ4n) is 3.69. The van der Waals surface area contributed by atoms with E-state index in [2.05, 4.69) is 19.2 Å². The third-order valence-corrected chi connectivity index (χ3v) is 7.58. The van der Waals surface area contributed by atoms with Gasteiger partial charge in [-0.1, -0.05) is 56.3 Å². The van der Waals surface area contributed by atoms with Crippen molar-refractivity contribution in [2.45, 2.75) is 50.5 Å². The molecule has 1 heterocycles. The van der Waals surface area contributed by atoms with E-state index < -0.39 is 10.0 Å². The highest BCUT2D eigenvalue weighted by Gasteiger charge is 2.32. The number of carbonyl (C=O) groups is 1. The van der Waals surface area contributed by atoms with Crippen LogP contribution in [0.25, 0.3) is 0 Å². The predicted octanol–water partition coefficient (Wildman–Crippen LogP) is 4.09. The molecule has 1 aliphatic heterocycles. The van der Waals surface area contributed by atoms with Crippen molar-refractivity contribution < 1.29 is 13.2 Å². The minimum absolute atomic E-state index is 0.000290. The average molecular weight is 415 g/mol. The van der Waals surface area contributed by atoms with E-state index in [1.807, 2.05) is 49.4 Å². The van der Waals surface area contributed by atoms with Crippen LogP contribution in [0.1, 0.15) is 56.7 Å². The number of sulfonamides is 1. The topological polar surface area (TPSA) is 66.5 Å². The molecule has 0 radical (unpaired) electrons. The van der Waals surface area contributed by atoms with E-state index in [9.17, 15) is 13.2 Å². The fraction of sp³-hybridized carbons (Fsp3) is 0.435. The quantitative estimate of drug-likeness (QED) is 0.774. The lowest BCUT2D eigenvalue weighted by Gasteiger charge is -2.31. The van der Waals surface area contributed by atoms with Crippen molar-refractivity contribution in [2.24, 2.45) is 5.92 Å². The summed E-state index contributed by atoms with van der Waals surface area (Å²) in [4.78, 5) is 13.0. The van der Waals surface area contributed by atoms with Gasteiger partial charge in [0.1, 0.15) is 0 Å². The van der Waals surface area contributed by atoms with Crippen molar-refractivity contribution >= 4 is 15.9 Å². The second-order valence-corrected chi connectivity index (χ2v) is 9.98. The first-order chi connectivity index (χ1) is 13.8. The van der Waals surface area contributed by atoms with E-state index in [4.69, 9.17) is 0 Å². The lowest BCUT2D eigenvalue weighted by molar-refractivity contribution is -0.126. The van der Waals surface area contributed by atoms with Gasteiger partial charge in [0.05, 0.1) is 10.9 Å². The summed E-state index contributed by atoms with van der Waals surface area (Å²) >= 11 is 0. The van der Waals surface area contributed by atoms with Crippen LogP contribution in [0.4, 0.5) is 0 Å². The van der Waals surface area contributed by atoms with Gasteiger partial charge in [-0.05, 0) is 48.9 Å². The summed E-state index contributed by atoms with van der Waals surface area (Å²) in [5.74, 6) is 0.204. The third-order valence-electron chi connectivity index (χ3n) is 5.67. The van der Waals surface area contributed by atoms with Crippen molar-refractivity contribution in [3.05, 3.63) is 65.7 Å². The standard InChI is InChI=1S/C23H30N2O3S/c1-17(2)19-9-11-22(12-10-19)29(27,28)25-15-13-21(14-16-25)23(26)24-18(3)20-7-5-4-6-8-20/h4-12,17-18,21H,13-16H2,1-3H3,(H,24,26). The zero-order valence-electron chi connectivity index (χ0n) is 17.3. The normalized spacial score (nSPS) is 17.2. The van der Waals surface area contributed by atoms with Crippen LogP contribution in [0, 0.1) is 5.92 Å². The SMILES string of the molecule is CC(C)c1ccc(S(=O)(=O)N2CCC(C(=O)NC(C)c3ccccc3)CC2)cc1. The molecule has 1 N–H and O–H groups in total. The maximum absolute atomic E-state index is 12.9. The molecule has 1 amide bonds. The summed E-state index contributed by atoms with van der Waals surface area (Å²) in [6.45, 7) is 6.86. The fourth-order valence-corrected chi connectivity index (χ4v) is 5.16. The van der Waals surface area contributed by atoms with Gasteiger partial charge in [-0.3, -0.25) is 4.79 Å². The molecule has 0 saturated carbocycles. The van der Waals surface area contributed by atoms with Gasteiger partial charge < -0.3 is 5.32 Å². The molecule has 0 spiro atoms. The molecule has 2 aromatic rings. The molecule has 3 rings (SSSR count). The molecule has 156 valence electrons. The van der Waals surface area contributed by atoms with Crippen LogP contribution < -0.4 is 5.32 Å². The van der Waals surface area contributed by atoms with E-state index in [0.717, 1.165) is 11.1 Å². The Balaban J connectivity index is 1.58. The Morgan fingerprint density at radius 2 is 1.52 bits per heavy atom. The molecule has 2 aromatic carbocycles. The van der Waals surface area contributed by atoms with E-state index in [1.165, 1.54) is 4.31 Å². The zero-order valence-corrected chi connectivity index (χ0v) is 18.2. The molecule has 29 heavy (non-hydrogen) atoms. The Labute approximate surface area is 174 Å². The highest BCUT2D eigenvalue weighted by Crippen LogP contribution is 2.26. The van der Waals surface area contributed by atoms with Crippen molar-refractivity contribution in [1.29, 1.82) is 0 Å². The third kappa shape index (κ3) is 5.06. The molecule has 0 bridgehead atoms. The van der Waals surface area contributed by atoms with Crippen LogP contribution >= 0.6 is 0 Å². The first-order valence-corrected chi connectivity index (χ1v) is 11.7. The number of nitrogens with one attached hydrogen (secondary N) is 1. The predicted molar refractivity (Wildman–Crippen MR) is 115 cm³/mol. The smallest absolute Gasteiger partial charge is 0.243 e. The number of hydrogen-bond donors (Lipinski definition) is 1. The van der Waals surface area contributed by atoms with Crippen molar-refractivity contribution in [2.75, 3.05) is 13.1 Å². The van der Waals surface area contributed by atoms with Crippen LogP contribution in [0.3, 0.4) is 0 Å². The summed E-state index contributed by atoms with van der Waals surface area (Å²) in [6.07, 6.45) is 1.08. The second-order valence-electron chi connectivity index (χ2n) is 8.04. The minimum Gasteiger partial charge on any atom is -0.349 e. The van der Waals surface area contributed by atoms with Crippen molar-refractivity contribution in [1.82, 2.24) is 9.62 Å². The van der Waals surface area contributed by atoms with E-state index >= 15 is 0 Å². The molecule has 5 nitrogen and oxygen atoms in total. The minimum atomic E-state index is -3.52. The van der Waals surface area contributed by atoms with Gasteiger partial charge in [-0.15, -0.1) is 0 Å². The van der Waals surface area contributed by atoms with Gasteiger partial charge in [0.2, 0.25) is 15.9 Å². The highest BCUT2D eigenvalue weighted by atomic mass is 32.2. The molecule has 1 aliphatic rings. The lowest BCUT2D eigenvalue weighted by atomic mass is 9.96. The zero-order chi connectivity index (χ0) is 21.0. The Bertz CT molecular complexity index is 916. The summed E-state index contributed by atoms with van der Waals surface area (Å²) in [6, 6.07) is 16.9. The lowest BCUT2D eigenvalue weighted by Crippen LogP contribution is -2.43. The van der Waals surface area contributed by atoms with Gasteiger partial charge in [-0.2, -0.15) is 4.31 Å². The number of amides is 1. The van der Waals surface area contributed by atoms with Gasteiger partial charge in [0.25, 0.3) is 0 Å². The van der Waals surface area contributed by atoms with Gasteiger partial charge in [0.15, 0.2) is 0 Å². The Morgan fingerprint density at radius 3 is 2.07 bits per heavy atom. The molecule has 1 fully saturated rings. The monoisotopic (exact) mass is 414 g/mol. The number of benzene rings is 2. The molecule has 0 aromatic heterocycles. The first-order valence-electron chi connectivity index (χ1n) is 10.2. The average Bonchev–Trinajstić information content (AvgIpc) is 2.74. The largest absolute Gasteiger partial charge is 0.349 e. The van der Waals surface area contributed by atoms with Gasteiger partial charge in [-0.25, -0.2) is 8.42 Å². The maximum atomic E-state index is 12.9. The van der Waals surface area contributed by atoms with Crippen molar-refractivity contribution in [3.8, 4) is 0 Å². The molecule has 1 saturated heterocycles. The number of hydrogen-bond acceptors (Lipinski definition) is 3. The Morgan fingerprint density at radius 1 is 0.931 bits per heavy atom. The first kappa shape index (κ1) is 21.5. The summed E-state index contributed by atoms with van der Waals surface area (Å²) in [5.41, 5.74) is 2.18. The number of nitrogens with zero attached hydrogens (tertiary/aromatic N) is 1. The van der Waals surface area contributed by atoms with Crippen LogP contribution in [-0.4, -0.2) is 31.7 Å². The van der Waals surface area contributed by atoms with Crippen LogP contribution in [0.5, 0.6) is 0 Å². The highest BCUT2D eigenvalue weighted by molar-refractivity contribution is 7.89. The second kappa shape index (κ2) is 9.09. The Hall–Kier alpha value is -2.18. The molecular formula is C23H30N2O3S. The molecule has 1 atom stereocenters.